The van der Waals surface area contributed by atoms with E-state index in [1.165, 1.54) is 24.3 Å². The third-order valence-electron chi connectivity index (χ3n) is 7.52. The van der Waals surface area contributed by atoms with Crippen molar-refractivity contribution >= 4 is 22.7 Å². The minimum absolute atomic E-state index is 0.00395. The van der Waals surface area contributed by atoms with Crippen molar-refractivity contribution in [2.45, 2.75) is 38.6 Å². The maximum atomic E-state index is 14.3. The van der Waals surface area contributed by atoms with Gasteiger partial charge in [0.2, 0.25) is 0 Å². The van der Waals surface area contributed by atoms with E-state index in [-0.39, 0.29) is 36.1 Å². The normalized spacial score (nSPS) is 14.6. The van der Waals surface area contributed by atoms with Crippen LogP contribution in [0.5, 0.6) is 5.75 Å². The predicted molar refractivity (Wildman–Crippen MR) is 158 cm³/mol. The van der Waals surface area contributed by atoms with Crippen molar-refractivity contribution in [1.29, 1.82) is 0 Å². The molecule has 1 atom stereocenters. The van der Waals surface area contributed by atoms with E-state index in [9.17, 15) is 19.1 Å². The standard InChI is InChI=1S/C33H27FN4O5/c1-35-25-9-7-24(28(34)17-25)20-43-26-5-2-4-21(14-26)22-11-12-37(32(39)16-22)19-31-36-29-10-8-23(33(40)41)15-30(29)38(31)18-27-6-3-13-42-27/h2,4-5,7-12,14-17,27H,3,6,13,18-20H2,(H,40,41). The molecule has 0 radical (unpaired) electrons. The third-order valence-corrected chi connectivity index (χ3v) is 7.52. The molecule has 9 nitrogen and oxygen atoms in total. The van der Waals surface area contributed by atoms with Crippen LogP contribution in [0.15, 0.2) is 83.8 Å². The van der Waals surface area contributed by atoms with Gasteiger partial charge in [0.05, 0.1) is 42.4 Å². The number of pyridine rings is 1. The Kier molecular flexibility index (Phi) is 7.73. The van der Waals surface area contributed by atoms with Gasteiger partial charge < -0.3 is 23.7 Å². The highest BCUT2D eigenvalue weighted by atomic mass is 19.1. The van der Waals surface area contributed by atoms with Gasteiger partial charge in [0.15, 0.2) is 5.69 Å². The minimum atomic E-state index is -1.02. The highest BCUT2D eigenvalue weighted by molar-refractivity contribution is 5.92. The van der Waals surface area contributed by atoms with Gasteiger partial charge in [-0.15, -0.1) is 0 Å². The summed E-state index contributed by atoms with van der Waals surface area (Å²) in [6.07, 6.45) is 3.57. The van der Waals surface area contributed by atoms with E-state index in [0.29, 0.717) is 46.9 Å². The molecule has 216 valence electrons. The number of nitrogens with zero attached hydrogens (tertiary/aromatic N) is 4. The second-order valence-corrected chi connectivity index (χ2v) is 10.4. The average molecular weight is 579 g/mol. The summed E-state index contributed by atoms with van der Waals surface area (Å²) < 4.78 is 29.4. The van der Waals surface area contributed by atoms with E-state index in [1.54, 1.807) is 47.2 Å². The number of aromatic carboxylic acids is 1. The first kappa shape index (κ1) is 27.9. The number of halogens is 1. The van der Waals surface area contributed by atoms with Crippen LogP contribution >= 0.6 is 0 Å². The predicted octanol–water partition coefficient (Wildman–Crippen LogP) is 6.06. The van der Waals surface area contributed by atoms with E-state index in [4.69, 9.17) is 21.0 Å². The summed E-state index contributed by atoms with van der Waals surface area (Å²) >= 11 is 0. The lowest BCUT2D eigenvalue weighted by atomic mass is 10.1. The minimum Gasteiger partial charge on any atom is -0.489 e. The number of aromatic nitrogens is 3. The van der Waals surface area contributed by atoms with Gasteiger partial charge >= 0.3 is 5.97 Å². The highest BCUT2D eigenvalue weighted by Gasteiger charge is 2.21. The van der Waals surface area contributed by atoms with E-state index in [1.807, 2.05) is 16.7 Å². The number of carboxylic acids is 1. The number of benzene rings is 3. The number of imidazole rings is 1. The number of ether oxygens (including phenoxy) is 2. The number of hydrogen-bond donors (Lipinski definition) is 1. The molecule has 0 saturated carbocycles. The molecule has 10 heteroatoms. The van der Waals surface area contributed by atoms with Crippen molar-refractivity contribution in [3.63, 3.8) is 0 Å². The first-order valence-electron chi connectivity index (χ1n) is 13.8. The van der Waals surface area contributed by atoms with Gasteiger partial charge in [-0.1, -0.05) is 24.3 Å². The van der Waals surface area contributed by atoms with Gasteiger partial charge in [-0.2, -0.15) is 0 Å². The number of carboxylic acid groups (broad SMARTS) is 1. The number of fused-ring (bicyclic) bond motifs is 1. The van der Waals surface area contributed by atoms with Crippen molar-refractivity contribution in [1.82, 2.24) is 14.1 Å². The zero-order valence-electron chi connectivity index (χ0n) is 23.1. The summed E-state index contributed by atoms with van der Waals surface area (Å²) in [5, 5.41) is 9.51. The van der Waals surface area contributed by atoms with Crippen molar-refractivity contribution in [3.8, 4) is 16.9 Å². The van der Waals surface area contributed by atoms with Crippen LogP contribution in [0.1, 0.15) is 34.6 Å². The smallest absolute Gasteiger partial charge is 0.335 e. The van der Waals surface area contributed by atoms with E-state index < -0.39 is 11.8 Å². The van der Waals surface area contributed by atoms with E-state index in [2.05, 4.69) is 4.85 Å². The molecule has 3 aromatic carbocycles. The van der Waals surface area contributed by atoms with Crippen LogP contribution in [0.3, 0.4) is 0 Å². The molecule has 0 bridgehead atoms. The van der Waals surface area contributed by atoms with Gasteiger partial charge in [-0.05, 0) is 66.4 Å². The summed E-state index contributed by atoms with van der Waals surface area (Å²) in [7, 11) is 0. The summed E-state index contributed by atoms with van der Waals surface area (Å²) in [5.74, 6) is -0.370. The van der Waals surface area contributed by atoms with Gasteiger partial charge in [-0.25, -0.2) is 19.0 Å². The third kappa shape index (κ3) is 6.03. The first-order chi connectivity index (χ1) is 20.9. The molecule has 2 aromatic heterocycles. The lowest BCUT2D eigenvalue weighted by molar-refractivity contribution is 0.0697. The summed E-state index contributed by atoms with van der Waals surface area (Å²) in [4.78, 5) is 32.8. The van der Waals surface area contributed by atoms with Gasteiger partial charge in [0.25, 0.3) is 5.56 Å². The fraction of sp³-hybridized carbons (Fsp3) is 0.212. The molecule has 1 fully saturated rings. The molecule has 43 heavy (non-hydrogen) atoms. The summed E-state index contributed by atoms with van der Waals surface area (Å²) in [5.41, 5.74) is 3.30. The molecule has 1 aliphatic rings. The van der Waals surface area contributed by atoms with Crippen LogP contribution in [0, 0.1) is 12.4 Å². The first-order valence-corrected chi connectivity index (χ1v) is 13.8. The molecule has 3 heterocycles. The summed E-state index contributed by atoms with van der Waals surface area (Å²) in [6, 6.07) is 19.7. The number of hydrogen-bond acceptors (Lipinski definition) is 5. The number of carbonyl (C=O) groups is 1. The van der Waals surface area contributed by atoms with Crippen LogP contribution in [0.2, 0.25) is 0 Å². The van der Waals surface area contributed by atoms with Crippen LogP contribution in [0.25, 0.3) is 27.0 Å². The molecular weight excluding hydrogens is 551 g/mol. The fourth-order valence-corrected chi connectivity index (χ4v) is 5.24. The zero-order valence-corrected chi connectivity index (χ0v) is 23.1. The van der Waals surface area contributed by atoms with Crippen LogP contribution in [-0.4, -0.2) is 37.9 Å². The lowest BCUT2D eigenvalue weighted by Gasteiger charge is -2.15. The number of rotatable bonds is 9. The largest absolute Gasteiger partial charge is 0.489 e. The SMILES string of the molecule is [C-]#[N+]c1ccc(COc2cccc(-c3ccn(Cc4nc5ccc(C(=O)O)cc5n4CC4CCCO4)c(=O)c3)c2)c(F)c1. The quantitative estimate of drug-likeness (QED) is 0.214. The van der Waals surface area contributed by atoms with Gasteiger partial charge in [0.1, 0.15) is 24.0 Å². The molecule has 5 aromatic rings. The Bertz CT molecular complexity index is 1930. The van der Waals surface area contributed by atoms with Crippen molar-refractivity contribution in [3.05, 3.63) is 124 Å². The molecular formula is C33H27FN4O5. The van der Waals surface area contributed by atoms with E-state index in [0.717, 1.165) is 18.4 Å². The maximum absolute atomic E-state index is 14.3. The molecule has 0 aliphatic carbocycles. The summed E-state index contributed by atoms with van der Waals surface area (Å²) in [6.45, 7) is 8.41. The van der Waals surface area contributed by atoms with Gasteiger partial charge in [0, 0.05) is 24.4 Å². The highest BCUT2D eigenvalue weighted by Crippen LogP contribution is 2.26. The molecule has 0 amide bonds. The molecule has 1 saturated heterocycles. The Balaban J connectivity index is 1.24. The molecule has 6 rings (SSSR count). The van der Waals surface area contributed by atoms with Crippen molar-refractivity contribution in [2.24, 2.45) is 0 Å². The topological polar surface area (TPSA) is 99.9 Å². The van der Waals surface area contributed by atoms with Gasteiger partial charge in [-0.3, -0.25) is 4.79 Å². The Morgan fingerprint density at radius 3 is 2.72 bits per heavy atom. The second-order valence-electron chi connectivity index (χ2n) is 10.4. The molecule has 1 unspecified atom stereocenters. The van der Waals surface area contributed by atoms with Crippen molar-refractivity contribution < 1.29 is 23.8 Å². The van der Waals surface area contributed by atoms with Crippen LogP contribution in [-0.2, 0) is 24.4 Å². The average Bonchev–Trinajstić information content (AvgIpc) is 3.65. The monoisotopic (exact) mass is 578 g/mol. The Hall–Kier alpha value is -5.27. The zero-order chi connectivity index (χ0) is 29.9. The van der Waals surface area contributed by atoms with Crippen LogP contribution < -0.4 is 10.3 Å². The Labute approximate surface area is 246 Å². The second kappa shape index (κ2) is 11.9. The van der Waals surface area contributed by atoms with Crippen LogP contribution in [0.4, 0.5) is 10.1 Å². The van der Waals surface area contributed by atoms with Crippen molar-refractivity contribution in [2.75, 3.05) is 6.61 Å². The molecule has 1 aliphatic heterocycles. The molecule has 0 spiro atoms. The van der Waals surface area contributed by atoms with E-state index >= 15 is 0 Å². The fourth-order valence-electron chi connectivity index (χ4n) is 5.24. The Morgan fingerprint density at radius 2 is 1.98 bits per heavy atom. The molecule has 1 N–H and O–H groups in total. The lowest BCUT2D eigenvalue weighted by Crippen LogP contribution is -2.23. The maximum Gasteiger partial charge on any atom is 0.335 e. The Morgan fingerprint density at radius 1 is 1.12 bits per heavy atom.